The molecule has 8 rings (SSSR count). The van der Waals surface area contributed by atoms with Gasteiger partial charge in [0.05, 0.1) is 12.5 Å². The Morgan fingerprint density at radius 1 is 0.404 bits per heavy atom. The standard InChI is InChI=1S/C50H46N2/c1-49(2)35-36-50(3,4)48-46(49)21-14-22-47(48)52(42-19-12-7-13-20-42)45-33-27-40(28-34-45)39-25-31-44(32-26-39)51(41-17-10-6-11-18-41)43-29-23-38(24-30-43)37-15-8-5-9-16-37/h5-34H,35-36H2,1-4H3/i6D,10D,11D,17D,18D. The lowest BCUT2D eigenvalue weighted by Crippen LogP contribution is -2.35. The lowest BCUT2D eigenvalue weighted by atomic mass is 9.62. The van der Waals surface area contributed by atoms with Crippen molar-refractivity contribution < 1.29 is 6.85 Å². The van der Waals surface area contributed by atoms with Gasteiger partial charge in [-0.25, -0.2) is 0 Å². The Bertz CT molecular complexity index is 2520. The van der Waals surface area contributed by atoms with E-state index in [9.17, 15) is 0 Å². The molecule has 0 unspecified atom stereocenters. The maximum Gasteiger partial charge on any atom is 0.0645 e. The summed E-state index contributed by atoms with van der Waals surface area (Å²) in [5.41, 5.74) is 11.9. The van der Waals surface area contributed by atoms with Gasteiger partial charge in [0.1, 0.15) is 0 Å². The Labute approximate surface area is 316 Å². The summed E-state index contributed by atoms with van der Waals surface area (Å²) in [4.78, 5) is 4.14. The molecule has 0 saturated carbocycles. The highest BCUT2D eigenvalue weighted by Crippen LogP contribution is 2.51. The number of anilines is 6. The van der Waals surface area contributed by atoms with Crippen molar-refractivity contribution >= 4 is 34.1 Å². The highest BCUT2D eigenvalue weighted by atomic mass is 15.1. The molecule has 1 aliphatic carbocycles. The first kappa shape index (κ1) is 27.8. The zero-order valence-corrected chi connectivity index (χ0v) is 30.2. The monoisotopic (exact) mass is 679 g/mol. The number of rotatable bonds is 8. The molecule has 1 aliphatic rings. The van der Waals surface area contributed by atoms with Crippen molar-refractivity contribution in [2.45, 2.75) is 51.4 Å². The molecule has 0 atom stereocenters. The highest BCUT2D eigenvalue weighted by Gasteiger charge is 2.39. The number of nitrogens with zero attached hydrogens (tertiary/aromatic N) is 2. The number of hydrogen-bond donors (Lipinski definition) is 0. The van der Waals surface area contributed by atoms with Crippen LogP contribution < -0.4 is 9.80 Å². The van der Waals surface area contributed by atoms with Gasteiger partial charge in [0.25, 0.3) is 0 Å². The van der Waals surface area contributed by atoms with Gasteiger partial charge in [-0.15, -0.1) is 0 Å². The Hall–Kier alpha value is -5.86. The number of fused-ring (bicyclic) bond motifs is 1. The number of para-hydroxylation sites is 2. The van der Waals surface area contributed by atoms with Crippen LogP contribution in [0.4, 0.5) is 34.1 Å². The van der Waals surface area contributed by atoms with Gasteiger partial charge >= 0.3 is 0 Å². The topological polar surface area (TPSA) is 6.48 Å². The molecule has 2 nitrogen and oxygen atoms in total. The van der Waals surface area contributed by atoms with Crippen LogP contribution in [-0.2, 0) is 10.8 Å². The van der Waals surface area contributed by atoms with Crippen molar-refractivity contribution in [2.75, 3.05) is 9.80 Å². The molecule has 256 valence electrons. The average molecular weight is 680 g/mol. The second kappa shape index (κ2) is 13.7. The first-order chi connectivity index (χ1) is 27.4. The summed E-state index contributed by atoms with van der Waals surface area (Å²) >= 11 is 0. The lowest BCUT2D eigenvalue weighted by Gasteiger charge is -2.44. The molecule has 0 aromatic heterocycles. The molecule has 0 fully saturated rings. The van der Waals surface area contributed by atoms with Gasteiger partial charge in [-0.05, 0) is 124 Å². The van der Waals surface area contributed by atoms with Crippen LogP contribution in [0.1, 0.15) is 58.5 Å². The Morgan fingerprint density at radius 2 is 0.846 bits per heavy atom. The lowest BCUT2D eigenvalue weighted by molar-refractivity contribution is 0.332. The SMILES string of the molecule is [2H]c1c([2H])c([2H])c(N(c2ccc(-c3ccccc3)cc2)c2ccc(-c3ccc(N(c4ccccc4)c4cccc5c4C(C)(C)CCC5(C)C)cc3)cc2)c([2H])c1[2H]. The van der Waals surface area contributed by atoms with E-state index in [1.54, 1.807) is 4.90 Å². The maximum atomic E-state index is 8.87. The van der Waals surface area contributed by atoms with Gasteiger partial charge < -0.3 is 9.80 Å². The summed E-state index contributed by atoms with van der Waals surface area (Å²) < 4.78 is 42.9. The summed E-state index contributed by atoms with van der Waals surface area (Å²) in [7, 11) is 0. The van der Waals surface area contributed by atoms with Crippen molar-refractivity contribution in [1.82, 2.24) is 0 Å². The normalized spacial score (nSPS) is 15.7. The largest absolute Gasteiger partial charge is 0.311 e. The van der Waals surface area contributed by atoms with E-state index in [4.69, 9.17) is 6.85 Å². The zero-order chi connectivity index (χ0) is 40.1. The summed E-state index contributed by atoms with van der Waals surface area (Å²) in [5.74, 6) is 0. The van der Waals surface area contributed by atoms with Crippen LogP contribution in [0.25, 0.3) is 22.3 Å². The summed E-state index contributed by atoms with van der Waals surface area (Å²) in [6.07, 6.45) is 2.27. The smallest absolute Gasteiger partial charge is 0.0645 e. The fraction of sp³-hybridized carbons (Fsp3) is 0.160. The molecular weight excluding hydrogens is 629 g/mol. The van der Waals surface area contributed by atoms with E-state index in [-0.39, 0.29) is 40.7 Å². The van der Waals surface area contributed by atoms with Gasteiger partial charge in [0.2, 0.25) is 0 Å². The van der Waals surface area contributed by atoms with Crippen LogP contribution in [0, 0.1) is 0 Å². The zero-order valence-electron chi connectivity index (χ0n) is 35.2. The number of hydrogen-bond acceptors (Lipinski definition) is 2. The van der Waals surface area contributed by atoms with Gasteiger partial charge in [0.15, 0.2) is 0 Å². The van der Waals surface area contributed by atoms with Crippen LogP contribution in [0.5, 0.6) is 0 Å². The van der Waals surface area contributed by atoms with Crippen molar-refractivity contribution in [3.05, 3.63) is 193 Å². The molecule has 0 radical (unpaired) electrons. The second-order valence-corrected chi connectivity index (χ2v) is 15.0. The third-order valence-electron chi connectivity index (χ3n) is 10.6. The molecule has 7 aromatic carbocycles. The minimum atomic E-state index is -0.419. The van der Waals surface area contributed by atoms with E-state index in [0.717, 1.165) is 46.5 Å². The molecule has 0 bridgehead atoms. The van der Waals surface area contributed by atoms with E-state index in [1.165, 1.54) is 16.8 Å². The fourth-order valence-corrected chi connectivity index (χ4v) is 7.69. The van der Waals surface area contributed by atoms with Gasteiger partial charge in [-0.2, -0.15) is 0 Å². The van der Waals surface area contributed by atoms with E-state index < -0.39 is 6.04 Å². The minimum absolute atomic E-state index is 0.0170. The third kappa shape index (κ3) is 6.42. The predicted octanol–water partition coefficient (Wildman–Crippen LogP) is 14.3. The van der Waals surface area contributed by atoms with Crippen molar-refractivity contribution in [3.8, 4) is 22.3 Å². The Balaban J connectivity index is 1.18. The molecule has 0 amide bonds. The van der Waals surface area contributed by atoms with Crippen molar-refractivity contribution in [1.29, 1.82) is 0 Å². The van der Waals surface area contributed by atoms with Crippen LogP contribution in [0.3, 0.4) is 0 Å². The minimum Gasteiger partial charge on any atom is -0.311 e. The molecule has 52 heavy (non-hydrogen) atoms. The maximum absolute atomic E-state index is 8.87. The molecule has 2 heteroatoms. The van der Waals surface area contributed by atoms with Gasteiger partial charge in [-0.1, -0.05) is 143 Å². The molecule has 0 spiro atoms. The van der Waals surface area contributed by atoms with E-state index in [1.807, 2.05) is 78.9 Å². The third-order valence-corrected chi connectivity index (χ3v) is 10.6. The molecular formula is C50H46N2. The van der Waals surface area contributed by atoms with Crippen LogP contribution in [-0.4, -0.2) is 0 Å². The summed E-state index contributed by atoms with van der Waals surface area (Å²) in [5, 5.41) is 0. The second-order valence-electron chi connectivity index (χ2n) is 15.0. The van der Waals surface area contributed by atoms with Crippen molar-refractivity contribution in [2.24, 2.45) is 0 Å². The van der Waals surface area contributed by atoms with Crippen LogP contribution in [0.2, 0.25) is 0 Å². The van der Waals surface area contributed by atoms with Gasteiger partial charge in [-0.3, -0.25) is 0 Å². The quantitative estimate of drug-likeness (QED) is 0.158. The predicted molar refractivity (Wildman–Crippen MR) is 222 cm³/mol. The highest BCUT2D eigenvalue weighted by molar-refractivity contribution is 5.83. The molecule has 0 heterocycles. The van der Waals surface area contributed by atoms with Crippen LogP contribution in [0.15, 0.2) is 182 Å². The summed E-state index contributed by atoms with van der Waals surface area (Å²) in [6.45, 7) is 9.48. The van der Waals surface area contributed by atoms with Gasteiger partial charge in [0, 0.05) is 28.4 Å². The fourth-order valence-electron chi connectivity index (χ4n) is 7.69. The van der Waals surface area contributed by atoms with E-state index >= 15 is 0 Å². The molecule has 0 saturated heterocycles. The Morgan fingerprint density at radius 3 is 1.38 bits per heavy atom. The van der Waals surface area contributed by atoms with Crippen molar-refractivity contribution in [3.63, 3.8) is 0 Å². The average Bonchev–Trinajstić information content (AvgIpc) is 3.24. The first-order valence-corrected chi connectivity index (χ1v) is 18.1. The Kier molecular flexibility index (Phi) is 7.32. The molecule has 0 N–H and O–H groups in total. The number of benzene rings is 7. The first-order valence-electron chi connectivity index (χ1n) is 20.6. The summed E-state index contributed by atoms with van der Waals surface area (Å²) in [6, 6.07) is 50.2. The van der Waals surface area contributed by atoms with Crippen LogP contribution >= 0.6 is 0 Å². The molecule has 7 aromatic rings. The molecule has 0 aliphatic heterocycles. The van der Waals surface area contributed by atoms with E-state index in [0.29, 0.717) is 11.4 Å². The van der Waals surface area contributed by atoms with E-state index in [2.05, 4.69) is 105 Å².